The molecule has 0 saturated carbocycles. The van der Waals surface area contributed by atoms with Crippen LogP contribution in [0.3, 0.4) is 0 Å². The van der Waals surface area contributed by atoms with Gasteiger partial charge in [0.1, 0.15) is 5.39 Å². The number of thioether (sulfide) groups is 1. The molecule has 0 atom stereocenters. The summed E-state index contributed by atoms with van der Waals surface area (Å²) in [5, 5.41) is 12.4. The van der Waals surface area contributed by atoms with Gasteiger partial charge in [0.2, 0.25) is 11.8 Å². The van der Waals surface area contributed by atoms with E-state index in [1.807, 2.05) is 0 Å². The van der Waals surface area contributed by atoms with Gasteiger partial charge < -0.3 is 15.6 Å². The fraction of sp³-hybridized carbons (Fsp3) is 0.133. The monoisotopic (exact) mass is 358 g/mol. The molecule has 3 aromatic rings. The van der Waals surface area contributed by atoms with Crippen molar-refractivity contribution in [1.82, 2.24) is 20.2 Å². The second kappa shape index (κ2) is 7.18. The Labute approximate surface area is 145 Å². The van der Waals surface area contributed by atoms with E-state index in [9.17, 15) is 14.4 Å². The molecule has 128 valence electrons. The lowest BCUT2D eigenvalue weighted by molar-refractivity contribution is -0.114. The molecule has 2 amide bonds. The van der Waals surface area contributed by atoms with Crippen LogP contribution in [0, 0.1) is 0 Å². The first kappa shape index (κ1) is 16.7. The molecule has 2 aromatic heterocycles. The van der Waals surface area contributed by atoms with Crippen LogP contribution in [0.1, 0.15) is 6.92 Å². The lowest BCUT2D eigenvalue weighted by Gasteiger charge is -2.07. The number of hydrogen-bond donors (Lipinski definition) is 4. The average Bonchev–Trinajstić information content (AvgIpc) is 3.02. The number of nitrogens with one attached hydrogen (secondary N) is 4. The van der Waals surface area contributed by atoms with Crippen molar-refractivity contribution in [2.75, 3.05) is 16.4 Å². The molecule has 0 fully saturated rings. The second-order valence-corrected chi connectivity index (χ2v) is 6.07. The molecule has 0 unspecified atom stereocenters. The Morgan fingerprint density at radius 1 is 1.24 bits per heavy atom. The number of aromatic nitrogens is 4. The van der Waals surface area contributed by atoms with E-state index in [1.165, 1.54) is 13.1 Å². The SMILES string of the molecule is CC(=O)Nc1cccc(NC(=O)CSc2nc3[nH]ncc3c(=O)[nH]2)c1. The minimum Gasteiger partial charge on any atom is -0.326 e. The smallest absolute Gasteiger partial charge is 0.262 e. The molecular weight excluding hydrogens is 344 g/mol. The summed E-state index contributed by atoms with van der Waals surface area (Å²) in [7, 11) is 0. The Morgan fingerprint density at radius 2 is 2.00 bits per heavy atom. The van der Waals surface area contributed by atoms with Crippen LogP contribution in [0.15, 0.2) is 40.4 Å². The zero-order valence-corrected chi connectivity index (χ0v) is 13.9. The number of amides is 2. The Hall–Kier alpha value is -3.14. The Kier molecular flexibility index (Phi) is 4.80. The van der Waals surface area contributed by atoms with Crippen molar-refractivity contribution >= 4 is 46.0 Å². The first-order chi connectivity index (χ1) is 12.0. The third-order valence-electron chi connectivity index (χ3n) is 3.10. The molecule has 0 aliphatic carbocycles. The summed E-state index contributed by atoms with van der Waals surface area (Å²) in [5.74, 6) is -0.395. The lowest BCUT2D eigenvalue weighted by Crippen LogP contribution is -2.15. The van der Waals surface area contributed by atoms with Crippen LogP contribution in [0.4, 0.5) is 11.4 Å². The number of carbonyl (C=O) groups is 2. The van der Waals surface area contributed by atoms with Crippen LogP contribution < -0.4 is 16.2 Å². The maximum atomic E-state index is 12.1. The zero-order valence-electron chi connectivity index (χ0n) is 13.1. The van der Waals surface area contributed by atoms with Gasteiger partial charge in [-0.25, -0.2) is 4.98 Å². The van der Waals surface area contributed by atoms with Gasteiger partial charge in [0.25, 0.3) is 5.56 Å². The normalized spacial score (nSPS) is 10.6. The number of nitrogens with zero attached hydrogens (tertiary/aromatic N) is 2. The van der Waals surface area contributed by atoms with Gasteiger partial charge in [0.05, 0.1) is 11.9 Å². The van der Waals surface area contributed by atoms with Gasteiger partial charge in [-0.3, -0.25) is 19.5 Å². The number of fused-ring (bicyclic) bond motifs is 1. The number of anilines is 2. The minimum atomic E-state index is -0.315. The molecule has 10 heteroatoms. The summed E-state index contributed by atoms with van der Waals surface area (Å²) in [4.78, 5) is 41.7. The second-order valence-electron chi connectivity index (χ2n) is 5.10. The third-order valence-corrected chi connectivity index (χ3v) is 3.98. The topological polar surface area (TPSA) is 133 Å². The average molecular weight is 358 g/mol. The van der Waals surface area contributed by atoms with Crippen LogP contribution in [0.2, 0.25) is 0 Å². The fourth-order valence-electron chi connectivity index (χ4n) is 2.10. The summed E-state index contributed by atoms with van der Waals surface area (Å²) in [5.41, 5.74) is 1.20. The van der Waals surface area contributed by atoms with Crippen molar-refractivity contribution in [3.8, 4) is 0 Å². The van der Waals surface area contributed by atoms with Gasteiger partial charge in [-0.2, -0.15) is 5.10 Å². The van der Waals surface area contributed by atoms with Crippen LogP contribution in [-0.4, -0.2) is 37.7 Å². The molecule has 0 bridgehead atoms. The van der Waals surface area contributed by atoms with Crippen molar-refractivity contribution < 1.29 is 9.59 Å². The fourth-order valence-corrected chi connectivity index (χ4v) is 2.76. The predicted octanol–water partition coefficient (Wildman–Crippen LogP) is 1.34. The van der Waals surface area contributed by atoms with Crippen molar-refractivity contribution in [2.45, 2.75) is 12.1 Å². The predicted molar refractivity (Wildman–Crippen MR) is 94.6 cm³/mol. The summed E-state index contributed by atoms with van der Waals surface area (Å²) in [6.07, 6.45) is 1.39. The van der Waals surface area contributed by atoms with E-state index in [0.29, 0.717) is 27.6 Å². The molecule has 0 spiro atoms. The molecule has 0 aliphatic heterocycles. The van der Waals surface area contributed by atoms with Gasteiger partial charge in [-0.15, -0.1) is 0 Å². The first-order valence-electron chi connectivity index (χ1n) is 7.25. The largest absolute Gasteiger partial charge is 0.326 e. The molecule has 0 saturated heterocycles. The number of carbonyl (C=O) groups excluding carboxylic acids is 2. The van der Waals surface area contributed by atoms with E-state index in [0.717, 1.165) is 11.8 Å². The Morgan fingerprint density at radius 3 is 2.76 bits per heavy atom. The summed E-state index contributed by atoms with van der Waals surface area (Å²) < 4.78 is 0. The lowest BCUT2D eigenvalue weighted by atomic mass is 10.2. The maximum Gasteiger partial charge on any atom is 0.262 e. The Balaban J connectivity index is 1.62. The van der Waals surface area contributed by atoms with Crippen LogP contribution in [0.25, 0.3) is 11.0 Å². The highest BCUT2D eigenvalue weighted by atomic mass is 32.2. The van der Waals surface area contributed by atoms with Gasteiger partial charge in [-0.05, 0) is 18.2 Å². The molecule has 1 aromatic carbocycles. The summed E-state index contributed by atoms with van der Waals surface area (Å²) >= 11 is 1.10. The Bertz CT molecular complexity index is 996. The first-order valence-corrected chi connectivity index (χ1v) is 8.23. The maximum absolute atomic E-state index is 12.1. The van der Waals surface area contributed by atoms with Gasteiger partial charge in [-0.1, -0.05) is 17.8 Å². The number of aromatic amines is 2. The van der Waals surface area contributed by atoms with Gasteiger partial charge >= 0.3 is 0 Å². The van der Waals surface area contributed by atoms with Crippen LogP contribution in [-0.2, 0) is 9.59 Å². The van der Waals surface area contributed by atoms with Crippen molar-refractivity contribution in [3.63, 3.8) is 0 Å². The number of hydrogen-bond acceptors (Lipinski definition) is 6. The quantitative estimate of drug-likeness (QED) is 0.402. The standard InChI is InChI=1S/C15H14N6O3S/c1-8(22)17-9-3-2-4-10(5-9)18-12(23)7-25-15-19-13-11(6-16-21-13)14(24)20-15/h2-6H,7H2,1H3,(H,17,22)(H,18,23)(H2,16,19,20,21,24). The number of H-pyrrole nitrogens is 2. The van der Waals surface area contributed by atoms with E-state index in [-0.39, 0.29) is 23.1 Å². The molecule has 4 N–H and O–H groups in total. The highest BCUT2D eigenvalue weighted by molar-refractivity contribution is 7.99. The van der Waals surface area contributed by atoms with Gasteiger partial charge in [0, 0.05) is 18.3 Å². The van der Waals surface area contributed by atoms with Crippen LogP contribution in [0.5, 0.6) is 0 Å². The molecule has 2 heterocycles. The third kappa shape index (κ3) is 4.23. The molecule has 25 heavy (non-hydrogen) atoms. The molecule has 0 aliphatic rings. The number of benzene rings is 1. The number of rotatable bonds is 5. The molecule has 9 nitrogen and oxygen atoms in total. The molecule has 0 radical (unpaired) electrons. The minimum absolute atomic E-state index is 0.0624. The summed E-state index contributed by atoms with van der Waals surface area (Å²) in [6.45, 7) is 1.41. The molecule has 3 rings (SSSR count). The highest BCUT2D eigenvalue weighted by Gasteiger charge is 2.09. The van der Waals surface area contributed by atoms with Gasteiger partial charge in [0.15, 0.2) is 10.8 Å². The van der Waals surface area contributed by atoms with E-state index in [2.05, 4.69) is 30.8 Å². The summed E-state index contributed by atoms with van der Waals surface area (Å²) in [6, 6.07) is 6.81. The zero-order chi connectivity index (χ0) is 17.8. The van der Waals surface area contributed by atoms with E-state index >= 15 is 0 Å². The van der Waals surface area contributed by atoms with E-state index < -0.39 is 0 Å². The van der Waals surface area contributed by atoms with Crippen LogP contribution >= 0.6 is 11.8 Å². The van der Waals surface area contributed by atoms with Crippen molar-refractivity contribution in [2.24, 2.45) is 0 Å². The highest BCUT2D eigenvalue weighted by Crippen LogP contribution is 2.17. The van der Waals surface area contributed by atoms with Crippen molar-refractivity contribution in [1.29, 1.82) is 0 Å². The van der Waals surface area contributed by atoms with E-state index in [4.69, 9.17) is 0 Å². The van der Waals surface area contributed by atoms with Crippen molar-refractivity contribution in [3.05, 3.63) is 40.8 Å². The molecular formula is C15H14N6O3S. The van der Waals surface area contributed by atoms with E-state index in [1.54, 1.807) is 24.3 Å².